The molecule has 0 aliphatic carbocycles. The number of carbonyl (C=O) groups is 2. The predicted octanol–water partition coefficient (Wildman–Crippen LogP) is 6.35. The highest BCUT2D eigenvalue weighted by atomic mass is 35.5. The number of aromatic nitrogens is 2. The fourth-order valence-corrected chi connectivity index (χ4v) is 6.58. The first-order chi connectivity index (χ1) is 18.9. The molecule has 5 rings (SSSR count). The number of benzene rings is 2. The number of methoxy groups -OCH3 is 1. The first-order valence-corrected chi connectivity index (χ1v) is 15.0. The van der Waals surface area contributed by atoms with Crippen molar-refractivity contribution in [3.63, 3.8) is 0 Å². The fourth-order valence-electron chi connectivity index (χ4n) is 4.50. The van der Waals surface area contributed by atoms with Crippen molar-refractivity contribution in [3.05, 3.63) is 81.5 Å². The number of thioether (sulfide) groups is 1. The van der Waals surface area contributed by atoms with Crippen molar-refractivity contribution in [2.75, 3.05) is 24.3 Å². The third-order valence-corrected chi connectivity index (χ3v) is 8.90. The van der Waals surface area contributed by atoms with Crippen molar-refractivity contribution in [1.82, 2.24) is 15.1 Å². The molecule has 3 heterocycles. The number of fused-ring (bicyclic) bond motifs is 1. The number of hydrogen-bond donors (Lipinski definition) is 1. The highest BCUT2D eigenvalue weighted by molar-refractivity contribution is 8.00. The van der Waals surface area contributed by atoms with E-state index in [-0.39, 0.29) is 35.4 Å². The zero-order valence-corrected chi connectivity index (χ0v) is 24.3. The lowest BCUT2D eigenvalue weighted by Crippen LogP contribution is -2.44. The smallest absolute Gasteiger partial charge is 0.240 e. The predicted molar refractivity (Wildman–Crippen MR) is 159 cm³/mol. The summed E-state index contributed by atoms with van der Waals surface area (Å²) >= 11 is 9.39. The van der Waals surface area contributed by atoms with Gasteiger partial charge in [0, 0.05) is 22.2 Å². The molecule has 2 amide bonds. The molecule has 10 heteroatoms. The maximum absolute atomic E-state index is 13.7. The van der Waals surface area contributed by atoms with Crippen molar-refractivity contribution in [2.24, 2.45) is 0 Å². The molecular weight excluding hydrogens is 552 g/mol. The number of anilines is 1. The molecule has 0 radical (unpaired) electrons. The van der Waals surface area contributed by atoms with Crippen LogP contribution in [0.25, 0.3) is 16.9 Å². The average Bonchev–Trinajstić information content (AvgIpc) is 3.59. The normalized spacial score (nSPS) is 15.9. The zero-order chi connectivity index (χ0) is 27.5. The number of amides is 2. The van der Waals surface area contributed by atoms with Crippen molar-refractivity contribution in [3.8, 4) is 22.7 Å². The molecule has 0 spiro atoms. The Bertz CT molecular complexity index is 1450. The van der Waals surface area contributed by atoms with Gasteiger partial charge in [-0.15, -0.1) is 11.8 Å². The Balaban J connectivity index is 1.75. The van der Waals surface area contributed by atoms with Gasteiger partial charge in [-0.1, -0.05) is 30.7 Å². The number of thiophene rings is 1. The average molecular weight is 581 g/mol. The third kappa shape index (κ3) is 5.71. The van der Waals surface area contributed by atoms with E-state index in [4.69, 9.17) is 21.4 Å². The molecule has 2 atom stereocenters. The van der Waals surface area contributed by atoms with Gasteiger partial charge in [-0.3, -0.25) is 14.5 Å². The number of rotatable bonds is 8. The van der Waals surface area contributed by atoms with Gasteiger partial charge < -0.3 is 10.1 Å². The van der Waals surface area contributed by atoms with Gasteiger partial charge in [-0.25, -0.2) is 4.68 Å². The van der Waals surface area contributed by atoms with E-state index in [2.05, 4.69) is 16.8 Å². The number of nitrogens with one attached hydrogen (secondary N) is 1. The van der Waals surface area contributed by atoms with Gasteiger partial charge in [0.2, 0.25) is 11.8 Å². The number of ether oxygens (including phenoxy) is 1. The van der Waals surface area contributed by atoms with Crippen LogP contribution in [0.5, 0.6) is 5.75 Å². The van der Waals surface area contributed by atoms with Crippen molar-refractivity contribution >= 4 is 52.3 Å². The summed E-state index contributed by atoms with van der Waals surface area (Å²) in [6.07, 6.45) is 0.797. The van der Waals surface area contributed by atoms with Gasteiger partial charge in [0.05, 0.1) is 29.5 Å². The Hall–Kier alpha value is -3.27. The van der Waals surface area contributed by atoms with Crippen LogP contribution < -0.4 is 15.0 Å². The second kappa shape index (κ2) is 11.9. The van der Waals surface area contributed by atoms with Gasteiger partial charge in [0.1, 0.15) is 18.1 Å². The van der Waals surface area contributed by atoms with E-state index in [1.54, 1.807) is 39.8 Å². The van der Waals surface area contributed by atoms with E-state index >= 15 is 0 Å². The highest BCUT2D eigenvalue weighted by Crippen LogP contribution is 2.49. The monoisotopic (exact) mass is 580 g/mol. The summed E-state index contributed by atoms with van der Waals surface area (Å²) in [5.41, 5.74) is 4.35. The summed E-state index contributed by atoms with van der Waals surface area (Å²) in [6.45, 7) is 3.87. The Morgan fingerprint density at radius 1 is 1.18 bits per heavy atom. The Labute approximate surface area is 241 Å². The summed E-state index contributed by atoms with van der Waals surface area (Å²) in [6, 6.07) is 17.1. The minimum atomic E-state index is -0.210. The van der Waals surface area contributed by atoms with Gasteiger partial charge in [-0.05, 0) is 72.1 Å². The van der Waals surface area contributed by atoms with Gasteiger partial charge >= 0.3 is 0 Å². The molecule has 0 fully saturated rings. The van der Waals surface area contributed by atoms with Gasteiger partial charge in [0.15, 0.2) is 0 Å². The number of halogens is 1. The Kier molecular flexibility index (Phi) is 8.30. The number of hydrogen-bond acceptors (Lipinski definition) is 6. The first kappa shape index (κ1) is 27.3. The summed E-state index contributed by atoms with van der Waals surface area (Å²) in [7, 11) is 1.62. The second-order valence-corrected chi connectivity index (χ2v) is 11.6. The van der Waals surface area contributed by atoms with Crippen LogP contribution in [0.1, 0.15) is 36.6 Å². The van der Waals surface area contributed by atoms with Crippen LogP contribution in [0.3, 0.4) is 0 Å². The van der Waals surface area contributed by atoms with Gasteiger partial charge in [0.25, 0.3) is 0 Å². The molecule has 0 saturated heterocycles. The molecule has 0 saturated carbocycles. The largest absolute Gasteiger partial charge is 0.497 e. The fraction of sp³-hybridized carbons (Fsp3) is 0.276. The molecule has 2 aromatic heterocycles. The SMILES string of the molecule is CC[C@@H](C)NC(=O)CN1C(=O)CS[C@H](c2ccsc2)c2c(-c3ccc(Cl)cc3)nn(-c3ccc(OC)cc3)c21. The van der Waals surface area contributed by atoms with Crippen LogP contribution >= 0.6 is 34.7 Å². The summed E-state index contributed by atoms with van der Waals surface area (Å²) in [5.74, 6) is 1.18. The Morgan fingerprint density at radius 2 is 1.92 bits per heavy atom. The molecular formula is C29H29ClN4O3S2. The van der Waals surface area contributed by atoms with Crippen molar-refractivity contribution < 1.29 is 14.3 Å². The van der Waals surface area contributed by atoms with Crippen LogP contribution in [0.4, 0.5) is 5.82 Å². The molecule has 2 aromatic carbocycles. The standard InChI is InChI=1S/C29H29ClN4O3S2/c1-4-18(2)31-24(35)15-33-25(36)17-39-28(20-13-14-38-16-20)26-27(19-5-7-21(30)8-6-19)32-34(29(26)33)22-9-11-23(37-3)12-10-22/h5-14,16,18,28H,4,15,17H2,1-3H3,(H,31,35)/t18-,28-/m1/s1. The topological polar surface area (TPSA) is 76.5 Å². The Morgan fingerprint density at radius 3 is 2.56 bits per heavy atom. The molecule has 202 valence electrons. The van der Waals surface area contributed by atoms with Crippen LogP contribution in [0.2, 0.25) is 5.02 Å². The van der Waals surface area contributed by atoms with Gasteiger partial charge in [-0.2, -0.15) is 16.4 Å². The lowest BCUT2D eigenvalue weighted by molar-refractivity contribution is -0.123. The third-order valence-electron chi connectivity index (χ3n) is 6.69. The second-order valence-electron chi connectivity index (χ2n) is 9.31. The molecule has 4 aromatic rings. The molecule has 1 N–H and O–H groups in total. The van der Waals surface area contributed by atoms with Crippen LogP contribution in [0, 0.1) is 0 Å². The van der Waals surface area contributed by atoms with Crippen molar-refractivity contribution in [2.45, 2.75) is 31.6 Å². The minimum absolute atomic E-state index is 0.00288. The number of nitrogens with zero attached hydrogens (tertiary/aromatic N) is 3. The lowest BCUT2D eigenvalue weighted by Gasteiger charge is -2.24. The van der Waals surface area contributed by atoms with Crippen LogP contribution in [0.15, 0.2) is 65.4 Å². The van der Waals surface area contributed by atoms with Crippen molar-refractivity contribution in [1.29, 1.82) is 0 Å². The summed E-state index contributed by atoms with van der Waals surface area (Å²) < 4.78 is 7.14. The van der Waals surface area contributed by atoms with E-state index in [0.717, 1.165) is 34.5 Å². The highest BCUT2D eigenvalue weighted by Gasteiger charge is 2.38. The molecule has 1 aliphatic heterocycles. The summed E-state index contributed by atoms with van der Waals surface area (Å²) in [4.78, 5) is 28.4. The molecule has 0 unspecified atom stereocenters. The first-order valence-electron chi connectivity index (χ1n) is 12.7. The maximum atomic E-state index is 13.7. The van der Waals surface area contributed by atoms with Crippen LogP contribution in [-0.4, -0.2) is 47.0 Å². The van der Waals surface area contributed by atoms with E-state index in [9.17, 15) is 9.59 Å². The quantitative estimate of drug-likeness (QED) is 0.263. The lowest BCUT2D eigenvalue weighted by atomic mass is 10.0. The number of carbonyl (C=O) groups excluding carboxylic acids is 2. The van der Waals surface area contributed by atoms with E-state index in [1.165, 1.54) is 0 Å². The van der Waals surface area contributed by atoms with E-state index < -0.39 is 0 Å². The molecule has 0 bridgehead atoms. The molecule has 7 nitrogen and oxygen atoms in total. The maximum Gasteiger partial charge on any atom is 0.240 e. The van der Waals surface area contributed by atoms with E-state index in [1.807, 2.05) is 67.8 Å². The molecule has 1 aliphatic rings. The minimum Gasteiger partial charge on any atom is -0.497 e. The zero-order valence-electron chi connectivity index (χ0n) is 21.9. The van der Waals surface area contributed by atoms with Crippen LogP contribution in [-0.2, 0) is 9.59 Å². The van der Waals surface area contributed by atoms with E-state index in [0.29, 0.717) is 16.6 Å². The summed E-state index contributed by atoms with van der Waals surface area (Å²) in [5, 5.41) is 12.7. The molecule has 39 heavy (non-hydrogen) atoms.